The van der Waals surface area contributed by atoms with Crippen LogP contribution in [0.15, 0.2) is 34.8 Å². The molecule has 4 heteroatoms. The van der Waals surface area contributed by atoms with Crippen LogP contribution >= 0.6 is 27.5 Å². The molecule has 1 N–H and O–H groups in total. The molecule has 0 amide bonds. The van der Waals surface area contributed by atoms with Crippen molar-refractivity contribution < 1.29 is 0 Å². The Morgan fingerprint density at radius 2 is 1.96 bits per heavy atom. The number of hydrogen-bond acceptors (Lipinski definition) is 1. The van der Waals surface area contributed by atoms with E-state index in [1.807, 2.05) is 25.1 Å². The zero-order valence-corrected chi connectivity index (χ0v) is 15.5. The van der Waals surface area contributed by atoms with Crippen LogP contribution in [0.3, 0.4) is 0 Å². The number of nitriles is 1. The standard InChI is InChI=1S/C19H16BrClN2/c1-10(2)12-4-5-13(15(20)8-12)19-14(9-22)18-16(21)6-11(3)7-17(18)23-19/h4-8,10,23H,1-3H3. The molecule has 0 radical (unpaired) electrons. The SMILES string of the molecule is Cc1cc(Cl)c2c(C#N)c(-c3ccc(C(C)C)cc3Br)[nH]c2c1. The van der Waals surface area contributed by atoms with Gasteiger partial charge in [0.2, 0.25) is 0 Å². The Kier molecular flexibility index (Phi) is 4.23. The first-order valence-electron chi connectivity index (χ1n) is 7.44. The fourth-order valence-electron chi connectivity index (χ4n) is 2.82. The molecule has 1 heterocycles. The summed E-state index contributed by atoms with van der Waals surface area (Å²) in [7, 11) is 0. The number of fused-ring (bicyclic) bond motifs is 1. The number of benzene rings is 2. The molecule has 1 aromatic heterocycles. The molecule has 0 saturated carbocycles. The maximum atomic E-state index is 9.65. The van der Waals surface area contributed by atoms with Gasteiger partial charge in [-0.1, -0.05) is 53.5 Å². The normalized spacial score (nSPS) is 11.2. The van der Waals surface area contributed by atoms with E-state index >= 15 is 0 Å². The van der Waals surface area contributed by atoms with Gasteiger partial charge in [0.1, 0.15) is 6.07 Å². The second kappa shape index (κ2) is 6.03. The molecule has 0 spiro atoms. The van der Waals surface area contributed by atoms with Gasteiger partial charge in [0.05, 0.1) is 16.3 Å². The number of rotatable bonds is 2. The van der Waals surface area contributed by atoms with E-state index < -0.39 is 0 Å². The van der Waals surface area contributed by atoms with Crippen LogP contribution in [-0.2, 0) is 0 Å². The molecule has 0 saturated heterocycles. The van der Waals surface area contributed by atoms with Crippen molar-refractivity contribution in [2.45, 2.75) is 26.7 Å². The molecule has 0 aliphatic heterocycles. The van der Waals surface area contributed by atoms with Crippen molar-refractivity contribution in [3.05, 3.63) is 56.5 Å². The molecule has 0 bridgehead atoms. The maximum absolute atomic E-state index is 9.65. The molecule has 0 atom stereocenters. The fraction of sp³-hybridized carbons (Fsp3) is 0.211. The Hall–Kier alpha value is -1.76. The van der Waals surface area contributed by atoms with E-state index in [1.54, 1.807) is 0 Å². The van der Waals surface area contributed by atoms with Crippen LogP contribution in [0.25, 0.3) is 22.2 Å². The molecule has 0 aliphatic carbocycles. The lowest BCUT2D eigenvalue weighted by Crippen LogP contribution is -1.90. The zero-order valence-electron chi connectivity index (χ0n) is 13.2. The molecule has 0 fully saturated rings. The first kappa shape index (κ1) is 16.1. The highest BCUT2D eigenvalue weighted by Crippen LogP contribution is 2.38. The van der Waals surface area contributed by atoms with E-state index in [2.05, 4.69) is 53.0 Å². The van der Waals surface area contributed by atoms with Gasteiger partial charge in [-0.15, -0.1) is 0 Å². The predicted octanol–water partition coefficient (Wildman–Crippen LogP) is 6.55. The van der Waals surface area contributed by atoms with Gasteiger partial charge in [0.25, 0.3) is 0 Å². The summed E-state index contributed by atoms with van der Waals surface area (Å²) in [5.74, 6) is 0.454. The second-order valence-electron chi connectivity index (χ2n) is 6.05. The van der Waals surface area contributed by atoms with E-state index in [-0.39, 0.29) is 0 Å². The third-order valence-corrected chi connectivity index (χ3v) is 4.99. The van der Waals surface area contributed by atoms with Crippen LogP contribution < -0.4 is 0 Å². The smallest absolute Gasteiger partial charge is 0.102 e. The molecular weight excluding hydrogens is 372 g/mol. The van der Waals surface area contributed by atoms with Gasteiger partial charge < -0.3 is 4.98 Å². The van der Waals surface area contributed by atoms with Crippen LogP contribution in [0.5, 0.6) is 0 Å². The summed E-state index contributed by atoms with van der Waals surface area (Å²) in [6.45, 7) is 6.31. The average Bonchev–Trinajstić information content (AvgIpc) is 2.85. The molecule has 3 aromatic rings. The molecule has 0 unspecified atom stereocenters. The minimum atomic E-state index is 0.454. The summed E-state index contributed by atoms with van der Waals surface area (Å²) in [6.07, 6.45) is 0. The van der Waals surface area contributed by atoms with Gasteiger partial charge in [0, 0.05) is 20.9 Å². The van der Waals surface area contributed by atoms with Crippen LogP contribution in [0, 0.1) is 18.3 Å². The number of nitrogens with zero attached hydrogens (tertiary/aromatic N) is 1. The quantitative estimate of drug-likeness (QED) is 0.531. The fourth-order valence-corrected chi connectivity index (χ4v) is 3.79. The predicted molar refractivity (Wildman–Crippen MR) is 100.0 cm³/mol. The molecule has 2 nitrogen and oxygen atoms in total. The molecule has 116 valence electrons. The van der Waals surface area contributed by atoms with Gasteiger partial charge in [-0.2, -0.15) is 5.26 Å². The molecule has 23 heavy (non-hydrogen) atoms. The summed E-state index contributed by atoms with van der Waals surface area (Å²) in [5, 5.41) is 11.0. The summed E-state index contributed by atoms with van der Waals surface area (Å²) >= 11 is 10.0. The number of aromatic nitrogens is 1. The maximum Gasteiger partial charge on any atom is 0.102 e. The Bertz CT molecular complexity index is 948. The lowest BCUT2D eigenvalue weighted by atomic mass is 9.99. The number of halogens is 2. The van der Waals surface area contributed by atoms with Crippen molar-refractivity contribution in [3.8, 4) is 17.3 Å². The Balaban J connectivity index is 2.29. The third-order valence-electron chi connectivity index (χ3n) is 4.04. The molecule has 3 rings (SSSR count). The Morgan fingerprint density at radius 1 is 1.22 bits per heavy atom. The summed E-state index contributed by atoms with van der Waals surface area (Å²) in [5.41, 5.74) is 5.57. The van der Waals surface area contributed by atoms with Gasteiger partial charge in [0.15, 0.2) is 0 Å². The van der Waals surface area contributed by atoms with Gasteiger partial charge in [-0.3, -0.25) is 0 Å². The molecule has 0 aliphatic rings. The Labute approximate surface area is 149 Å². The molecular formula is C19H16BrClN2. The van der Waals surface area contributed by atoms with Gasteiger partial charge in [-0.25, -0.2) is 0 Å². The first-order valence-corrected chi connectivity index (χ1v) is 8.61. The van der Waals surface area contributed by atoms with Crippen molar-refractivity contribution in [3.63, 3.8) is 0 Å². The topological polar surface area (TPSA) is 39.6 Å². The third kappa shape index (κ3) is 2.78. The number of aromatic amines is 1. The van der Waals surface area contributed by atoms with E-state index in [0.717, 1.165) is 32.2 Å². The highest BCUT2D eigenvalue weighted by atomic mass is 79.9. The van der Waals surface area contributed by atoms with Crippen molar-refractivity contribution in [2.75, 3.05) is 0 Å². The van der Waals surface area contributed by atoms with Gasteiger partial charge in [-0.05, 0) is 42.2 Å². The van der Waals surface area contributed by atoms with Crippen LogP contribution in [0.2, 0.25) is 5.02 Å². The minimum absolute atomic E-state index is 0.454. The highest BCUT2D eigenvalue weighted by molar-refractivity contribution is 9.10. The monoisotopic (exact) mass is 386 g/mol. The Morgan fingerprint density at radius 3 is 2.57 bits per heavy atom. The van der Waals surface area contributed by atoms with E-state index in [9.17, 15) is 5.26 Å². The number of aryl methyl sites for hydroxylation is 1. The number of H-pyrrole nitrogens is 1. The summed E-state index contributed by atoms with van der Waals surface area (Å²) in [6, 6.07) is 12.5. The number of nitrogens with one attached hydrogen (secondary N) is 1. The van der Waals surface area contributed by atoms with Crippen molar-refractivity contribution in [2.24, 2.45) is 0 Å². The van der Waals surface area contributed by atoms with Crippen molar-refractivity contribution in [1.29, 1.82) is 5.26 Å². The van der Waals surface area contributed by atoms with E-state index in [4.69, 9.17) is 11.6 Å². The van der Waals surface area contributed by atoms with Crippen LogP contribution in [-0.4, -0.2) is 4.98 Å². The average molecular weight is 388 g/mol. The van der Waals surface area contributed by atoms with Crippen molar-refractivity contribution >= 4 is 38.4 Å². The van der Waals surface area contributed by atoms with E-state index in [0.29, 0.717) is 16.5 Å². The van der Waals surface area contributed by atoms with Crippen molar-refractivity contribution in [1.82, 2.24) is 4.98 Å². The second-order valence-corrected chi connectivity index (χ2v) is 7.31. The van der Waals surface area contributed by atoms with Crippen LogP contribution in [0.1, 0.15) is 36.5 Å². The van der Waals surface area contributed by atoms with Crippen LogP contribution in [0.4, 0.5) is 0 Å². The number of hydrogen-bond donors (Lipinski definition) is 1. The minimum Gasteiger partial charge on any atom is -0.353 e. The lowest BCUT2D eigenvalue weighted by Gasteiger charge is -2.09. The highest BCUT2D eigenvalue weighted by Gasteiger charge is 2.18. The first-order chi connectivity index (χ1) is 10.9. The molecule has 2 aromatic carbocycles. The summed E-state index contributed by atoms with van der Waals surface area (Å²) < 4.78 is 0.972. The summed E-state index contributed by atoms with van der Waals surface area (Å²) in [4.78, 5) is 3.37. The van der Waals surface area contributed by atoms with Gasteiger partial charge >= 0.3 is 0 Å². The lowest BCUT2D eigenvalue weighted by molar-refractivity contribution is 0.866. The van der Waals surface area contributed by atoms with E-state index in [1.165, 1.54) is 5.56 Å². The zero-order chi connectivity index (χ0) is 16.7. The largest absolute Gasteiger partial charge is 0.353 e.